The average molecular weight is 344 g/mol. The summed E-state index contributed by atoms with van der Waals surface area (Å²) in [6.45, 7) is 9.40. The molecule has 0 unspecified atom stereocenters. The quantitative estimate of drug-likeness (QED) is 0.828. The molecule has 2 aliphatic heterocycles. The Bertz CT molecular complexity index is 653. The second kappa shape index (κ2) is 6.36. The van der Waals surface area contributed by atoms with Gasteiger partial charge in [-0.05, 0) is 38.7 Å². The molecule has 1 aromatic carbocycles. The van der Waals surface area contributed by atoms with Gasteiger partial charge in [0.05, 0.1) is 5.54 Å². The highest BCUT2D eigenvalue weighted by Crippen LogP contribution is 2.41. The maximum atomic E-state index is 12.6. The number of hydrogen-bond acceptors (Lipinski definition) is 3. The van der Waals surface area contributed by atoms with Gasteiger partial charge in [-0.15, -0.1) is 0 Å². The molecule has 2 fully saturated rings. The molecule has 3 rings (SSSR count). The minimum absolute atomic E-state index is 0.199. The van der Waals surface area contributed by atoms with Gasteiger partial charge in [-0.2, -0.15) is 0 Å². The third-order valence-electron chi connectivity index (χ3n) is 5.30. The molecule has 2 atom stereocenters. The predicted octanol–water partition coefficient (Wildman–Crippen LogP) is 3.09. The minimum atomic E-state index is -0.516. The Morgan fingerprint density at radius 3 is 2.56 bits per heavy atom. The van der Waals surface area contributed by atoms with Crippen LogP contribution in [-0.4, -0.2) is 52.6 Å². The SMILES string of the molecule is C[C@H]1CC(=O)N2CCN(C(=O)OC(C)(C)C)C[C@]12Cc1ccccc1. The maximum absolute atomic E-state index is 12.6. The van der Waals surface area contributed by atoms with Crippen LogP contribution in [0.3, 0.4) is 0 Å². The number of piperazine rings is 1. The van der Waals surface area contributed by atoms with Crippen molar-refractivity contribution < 1.29 is 14.3 Å². The lowest BCUT2D eigenvalue weighted by atomic mass is 9.79. The molecule has 0 bridgehead atoms. The highest BCUT2D eigenvalue weighted by molar-refractivity contribution is 5.81. The molecule has 2 saturated heterocycles. The standard InChI is InChI=1S/C20H28N2O3/c1-15-12-17(23)22-11-10-21(18(24)25-19(2,3)4)14-20(15,22)13-16-8-6-5-7-9-16/h5-9,15H,10-14H2,1-4H3/t15-,20+/m0/s1. The van der Waals surface area contributed by atoms with Gasteiger partial charge in [0, 0.05) is 26.1 Å². The summed E-state index contributed by atoms with van der Waals surface area (Å²) >= 11 is 0. The van der Waals surface area contributed by atoms with Crippen LogP contribution in [0.4, 0.5) is 4.79 Å². The van der Waals surface area contributed by atoms with Gasteiger partial charge in [0.2, 0.25) is 5.91 Å². The molecule has 2 amide bonds. The van der Waals surface area contributed by atoms with Crippen LogP contribution in [-0.2, 0) is 16.0 Å². The van der Waals surface area contributed by atoms with E-state index in [-0.39, 0.29) is 23.5 Å². The fraction of sp³-hybridized carbons (Fsp3) is 0.600. The Morgan fingerprint density at radius 1 is 1.24 bits per heavy atom. The van der Waals surface area contributed by atoms with Gasteiger partial charge in [0.1, 0.15) is 5.60 Å². The second-order valence-electron chi connectivity index (χ2n) is 8.32. The first-order chi connectivity index (χ1) is 11.7. The Balaban J connectivity index is 1.86. The van der Waals surface area contributed by atoms with E-state index < -0.39 is 5.60 Å². The summed E-state index contributed by atoms with van der Waals surface area (Å²) in [7, 11) is 0. The number of fused-ring (bicyclic) bond motifs is 1. The van der Waals surface area contributed by atoms with Crippen LogP contribution < -0.4 is 0 Å². The van der Waals surface area contributed by atoms with E-state index in [1.807, 2.05) is 43.9 Å². The van der Waals surface area contributed by atoms with Crippen molar-refractivity contribution in [2.45, 2.75) is 51.7 Å². The van der Waals surface area contributed by atoms with Gasteiger partial charge < -0.3 is 14.5 Å². The molecular weight excluding hydrogens is 316 g/mol. The number of carbonyl (C=O) groups is 2. The topological polar surface area (TPSA) is 49.9 Å². The van der Waals surface area contributed by atoms with E-state index in [2.05, 4.69) is 19.1 Å². The van der Waals surface area contributed by atoms with Gasteiger partial charge in [-0.25, -0.2) is 4.79 Å². The van der Waals surface area contributed by atoms with E-state index in [0.29, 0.717) is 26.1 Å². The summed E-state index contributed by atoms with van der Waals surface area (Å²) in [5.41, 5.74) is 0.339. The zero-order chi connectivity index (χ0) is 18.2. The summed E-state index contributed by atoms with van der Waals surface area (Å²) in [6.07, 6.45) is 1.03. The van der Waals surface area contributed by atoms with E-state index >= 15 is 0 Å². The average Bonchev–Trinajstić information content (AvgIpc) is 2.77. The van der Waals surface area contributed by atoms with Gasteiger partial charge in [0.15, 0.2) is 0 Å². The molecule has 0 aromatic heterocycles. The summed E-state index contributed by atoms with van der Waals surface area (Å²) in [5, 5.41) is 0. The molecule has 0 spiro atoms. The van der Waals surface area contributed by atoms with Gasteiger partial charge in [0.25, 0.3) is 0 Å². The van der Waals surface area contributed by atoms with Gasteiger partial charge >= 0.3 is 6.09 Å². The highest BCUT2D eigenvalue weighted by atomic mass is 16.6. The molecule has 0 aliphatic carbocycles. The Hall–Kier alpha value is -2.04. The Kier molecular flexibility index (Phi) is 4.52. The molecule has 0 N–H and O–H groups in total. The van der Waals surface area contributed by atoms with Crippen molar-refractivity contribution in [3.8, 4) is 0 Å². The predicted molar refractivity (Wildman–Crippen MR) is 96.2 cm³/mol. The third-order valence-corrected chi connectivity index (χ3v) is 5.30. The lowest BCUT2D eigenvalue weighted by molar-refractivity contribution is -0.134. The van der Waals surface area contributed by atoms with Crippen LogP contribution in [0.2, 0.25) is 0 Å². The Morgan fingerprint density at radius 2 is 1.92 bits per heavy atom. The monoisotopic (exact) mass is 344 g/mol. The van der Waals surface area contributed by atoms with E-state index in [9.17, 15) is 9.59 Å². The van der Waals surface area contributed by atoms with Crippen LogP contribution in [0.5, 0.6) is 0 Å². The molecule has 5 heteroatoms. The Labute approximate surface area is 149 Å². The molecule has 0 radical (unpaired) electrons. The molecule has 2 aliphatic rings. The second-order valence-corrected chi connectivity index (χ2v) is 8.32. The number of hydrogen-bond donors (Lipinski definition) is 0. The van der Waals surface area contributed by atoms with Gasteiger partial charge in [-0.1, -0.05) is 37.3 Å². The minimum Gasteiger partial charge on any atom is -0.444 e. The molecule has 1 aromatic rings. The summed E-state index contributed by atoms with van der Waals surface area (Å²) < 4.78 is 5.57. The maximum Gasteiger partial charge on any atom is 0.410 e. The third kappa shape index (κ3) is 3.51. The van der Waals surface area contributed by atoms with Crippen molar-refractivity contribution in [1.29, 1.82) is 0 Å². The number of ether oxygens (including phenoxy) is 1. The number of carbonyl (C=O) groups excluding carboxylic acids is 2. The van der Waals surface area contributed by atoms with Crippen molar-refractivity contribution in [2.24, 2.45) is 5.92 Å². The van der Waals surface area contributed by atoms with E-state index in [0.717, 1.165) is 6.42 Å². The normalized spacial score (nSPS) is 26.6. The number of nitrogens with zero attached hydrogens (tertiary/aromatic N) is 2. The molecule has 5 nitrogen and oxygen atoms in total. The zero-order valence-electron chi connectivity index (χ0n) is 15.6. The first-order valence-electron chi connectivity index (χ1n) is 9.04. The summed E-state index contributed by atoms with van der Waals surface area (Å²) in [4.78, 5) is 28.9. The number of rotatable bonds is 2. The molecule has 2 heterocycles. The fourth-order valence-electron chi connectivity index (χ4n) is 4.05. The molecule has 25 heavy (non-hydrogen) atoms. The lowest BCUT2D eigenvalue weighted by Crippen LogP contribution is -2.64. The first-order valence-corrected chi connectivity index (χ1v) is 9.04. The number of amides is 2. The van der Waals surface area contributed by atoms with Crippen LogP contribution in [0.25, 0.3) is 0 Å². The fourth-order valence-corrected chi connectivity index (χ4v) is 4.05. The first kappa shape index (κ1) is 17.8. The van der Waals surface area contributed by atoms with E-state index in [4.69, 9.17) is 4.74 Å². The van der Waals surface area contributed by atoms with Crippen molar-refractivity contribution in [2.75, 3.05) is 19.6 Å². The highest BCUT2D eigenvalue weighted by Gasteiger charge is 2.54. The lowest BCUT2D eigenvalue weighted by Gasteiger charge is -2.49. The molecule has 0 saturated carbocycles. The molecule has 136 valence electrons. The van der Waals surface area contributed by atoms with Crippen LogP contribution in [0.15, 0.2) is 30.3 Å². The smallest absolute Gasteiger partial charge is 0.410 e. The summed E-state index contributed by atoms with van der Waals surface area (Å²) in [5.74, 6) is 0.401. The van der Waals surface area contributed by atoms with Crippen LogP contribution in [0.1, 0.15) is 39.7 Å². The summed E-state index contributed by atoms with van der Waals surface area (Å²) in [6, 6.07) is 10.2. The zero-order valence-corrected chi connectivity index (χ0v) is 15.6. The van der Waals surface area contributed by atoms with Crippen molar-refractivity contribution >= 4 is 12.0 Å². The van der Waals surface area contributed by atoms with Crippen LogP contribution in [0, 0.1) is 5.92 Å². The number of benzene rings is 1. The van der Waals surface area contributed by atoms with E-state index in [1.54, 1.807) is 4.90 Å². The molecular formula is C20H28N2O3. The van der Waals surface area contributed by atoms with Crippen molar-refractivity contribution in [3.05, 3.63) is 35.9 Å². The van der Waals surface area contributed by atoms with Crippen molar-refractivity contribution in [3.63, 3.8) is 0 Å². The van der Waals surface area contributed by atoms with Gasteiger partial charge in [-0.3, -0.25) is 4.79 Å². The largest absolute Gasteiger partial charge is 0.444 e. The van der Waals surface area contributed by atoms with Crippen LogP contribution >= 0.6 is 0 Å². The van der Waals surface area contributed by atoms with E-state index in [1.165, 1.54) is 5.56 Å². The van der Waals surface area contributed by atoms with Crippen molar-refractivity contribution in [1.82, 2.24) is 9.80 Å².